The van der Waals surface area contributed by atoms with E-state index in [4.69, 9.17) is 4.74 Å². The van der Waals surface area contributed by atoms with E-state index in [2.05, 4.69) is 34.7 Å². The number of pyridine rings is 1. The van der Waals surface area contributed by atoms with E-state index in [1.165, 1.54) is 5.56 Å². The summed E-state index contributed by atoms with van der Waals surface area (Å²) in [5.74, 6) is -0.175. The number of rotatable bonds is 8. The van der Waals surface area contributed by atoms with Crippen LogP contribution < -0.4 is 10.6 Å². The third-order valence-corrected chi connectivity index (χ3v) is 3.45. The van der Waals surface area contributed by atoms with Crippen LogP contribution in [0.2, 0.25) is 0 Å². The fraction of sp³-hybridized carbons (Fsp3) is 0.333. The molecule has 2 aromatic rings. The molecule has 0 bridgehead atoms. The van der Waals surface area contributed by atoms with Crippen LogP contribution in [0, 0.1) is 0 Å². The Morgan fingerprint density at radius 2 is 1.96 bits per heavy atom. The molecule has 2 N–H and O–H groups in total. The van der Waals surface area contributed by atoms with E-state index >= 15 is 0 Å². The zero-order valence-corrected chi connectivity index (χ0v) is 13.6. The van der Waals surface area contributed by atoms with E-state index in [1.54, 1.807) is 19.4 Å². The minimum Gasteiger partial charge on any atom is -0.385 e. The highest BCUT2D eigenvalue weighted by Gasteiger charge is 2.07. The number of hydrogen-bond acceptors (Lipinski definition) is 4. The molecule has 0 radical (unpaired) electrons. The number of aryl methyl sites for hydroxylation is 1. The number of benzene rings is 1. The Labute approximate surface area is 137 Å². The zero-order chi connectivity index (χ0) is 16.5. The fourth-order valence-electron chi connectivity index (χ4n) is 2.13. The third kappa shape index (κ3) is 5.38. The van der Waals surface area contributed by atoms with Crippen molar-refractivity contribution in [1.29, 1.82) is 0 Å². The van der Waals surface area contributed by atoms with E-state index < -0.39 is 0 Å². The molecule has 5 heteroatoms. The number of amides is 1. The van der Waals surface area contributed by atoms with Gasteiger partial charge in [0.25, 0.3) is 5.91 Å². The first-order chi connectivity index (χ1) is 11.2. The van der Waals surface area contributed by atoms with Crippen LogP contribution in [0.5, 0.6) is 0 Å². The van der Waals surface area contributed by atoms with Crippen molar-refractivity contribution in [2.45, 2.75) is 19.8 Å². The van der Waals surface area contributed by atoms with Crippen molar-refractivity contribution in [1.82, 2.24) is 10.3 Å². The summed E-state index contributed by atoms with van der Waals surface area (Å²) >= 11 is 0. The molecule has 1 aromatic carbocycles. The van der Waals surface area contributed by atoms with Gasteiger partial charge in [0, 0.05) is 37.8 Å². The molecule has 0 fully saturated rings. The van der Waals surface area contributed by atoms with E-state index in [9.17, 15) is 4.79 Å². The Hall–Kier alpha value is -2.40. The summed E-state index contributed by atoms with van der Waals surface area (Å²) in [6.07, 6.45) is 3.43. The first kappa shape index (κ1) is 17.0. The third-order valence-electron chi connectivity index (χ3n) is 3.45. The zero-order valence-electron chi connectivity index (χ0n) is 13.6. The van der Waals surface area contributed by atoms with Crippen molar-refractivity contribution >= 4 is 17.3 Å². The number of hydrogen-bond donors (Lipinski definition) is 2. The molecule has 5 nitrogen and oxygen atoms in total. The maximum absolute atomic E-state index is 12.1. The molecule has 1 heterocycles. The van der Waals surface area contributed by atoms with Crippen molar-refractivity contribution in [3.63, 3.8) is 0 Å². The molecular formula is C18H23N3O2. The average Bonchev–Trinajstić information content (AvgIpc) is 2.59. The molecule has 1 amide bonds. The molecule has 0 saturated heterocycles. The van der Waals surface area contributed by atoms with Gasteiger partial charge in [0.2, 0.25) is 0 Å². The topological polar surface area (TPSA) is 63.2 Å². The van der Waals surface area contributed by atoms with E-state index in [1.807, 2.05) is 18.2 Å². The second kappa shape index (κ2) is 8.90. The second-order valence-electron chi connectivity index (χ2n) is 5.21. The highest BCUT2D eigenvalue weighted by atomic mass is 16.5. The summed E-state index contributed by atoms with van der Waals surface area (Å²) < 4.78 is 4.95. The smallest absolute Gasteiger partial charge is 0.269 e. The normalized spacial score (nSPS) is 10.3. The molecule has 23 heavy (non-hydrogen) atoms. The molecular weight excluding hydrogens is 290 g/mol. The minimum atomic E-state index is -0.175. The summed E-state index contributed by atoms with van der Waals surface area (Å²) in [6.45, 7) is 3.33. The largest absolute Gasteiger partial charge is 0.385 e. The number of methoxy groups -OCH3 is 1. The lowest BCUT2D eigenvalue weighted by Gasteiger charge is -2.09. The van der Waals surface area contributed by atoms with Crippen LogP contribution in [0.4, 0.5) is 11.4 Å². The standard InChI is InChI=1S/C18H23N3O2/c1-3-14-5-7-15(8-6-14)21-16-9-11-19-17(13-16)18(22)20-10-4-12-23-2/h5-9,11,13H,3-4,10,12H2,1-2H3,(H,19,21)(H,20,22). The summed E-state index contributed by atoms with van der Waals surface area (Å²) in [5, 5.41) is 6.12. The summed E-state index contributed by atoms with van der Waals surface area (Å²) in [6, 6.07) is 11.8. The van der Waals surface area contributed by atoms with Gasteiger partial charge in [-0.25, -0.2) is 0 Å². The first-order valence-electron chi connectivity index (χ1n) is 7.82. The van der Waals surface area contributed by atoms with Crippen LogP contribution >= 0.6 is 0 Å². The van der Waals surface area contributed by atoms with Crippen LogP contribution in [0.25, 0.3) is 0 Å². The van der Waals surface area contributed by atoms with Gasteiger partial charge in [0.1, 0.15) is 5.69 Å². The molecule has 2 rings (SSSR count). The van der Waals surface area contributed by atoms with Crippen LogP contribution in [0.1, 0.15) is 29.4 Å². The molecule has 0 spiro atoms. The molecule has 0 unspecified atom stereocenters. The number of nitrogens with zero attached hydrogens (tertiary/aromatic N) is 1. The minimum absolute atomic E-state index is 0.175. The summed E-state index contributed by atoms with van der Waals surface area (Å²) in [5.41, 5.74) is 3.52. The SMILES string of the molecule is CCc1ccc(Nc2ccnc(C(=O)NCCCOC)c2)cc1. The molecule has 0 aliphatic carbocycles. The van der Waals surface area contributed by atoms with Crippen LogP contribution in [0.3, 0.4) is 0 Å². The highest BCUT2D eigenvalue weighted by molar-refractivity contribution is 5.93. The fourth-order valence-corrected chi connectivity index (χ4v) is 2.13. The van der Waals surface area contributed by atoms with Crippen molar-refractivity contribution < 1.29 is 9.53 Å². The van der Waals surface area contributed by atoms with Gasteiger partial charge in [0.05, 0.1) is 0 Å². The van der Waals surface area contributed by atoms with Gasteiger partial charge < -0.3 is 15.4 Å². The number of carbonyl (C=O) groups is 1. The molecule has 122 valence electrons. The number of anilines is 2. The van der Waals surface area contributed by atoms with E-state index in [-0.39, 0.29) is 5.91 Å². The van der Waals surface area contributed by atoms with Crippen LogP contribution in [0.15, 0.2) is 42.6 Å². The monoisotopic (exact) mass is 313 g/mol. The Balaban J connectivity index is 1.96. The lowest BCUT2D eigenvalue weighted by Crippen LogP contribution is -2.26. The predicted octanol–water partition coefficient (Wildman–Crippen LogP) is 3.15. The highest BCUT2D eigenvalue weighted by Crippen LogP contribution is 2.17. The predicted molar refractivity (Wildman–Crippen MR) is 92.2 cm³/mol. The van der Waals surface area contributed by atoms with Gasteiger partial charge in [-0.15, -0.1) is 0 Å². The number of ether oxygens (including phenoxy) is 1. The van der Waals surface area contributed by atoms with Gasteiger partial charge >= 0.3 is 0 Å². The van der Waals surface area contributed by atoms with Gasteiger partial charge in [-0.05, 0) is 42.7 Å². The van der Waals surface area contributed by atoms with Crippen molar-refractivity contribution in [3.8, 4) is 0 Å². The maximum Gasteiger partial charge on any atom is 0.269 e. The van der Waals surface area contributed by atoms with Gasteiger partial charge in [-0.1, -0.05) is 19.1 Å². The van der Waals surface area contributed by atoms with E-state index in [0.29, 0.717) is 18.8 Å². The number of aromatic nitrogens is 1. The molecule has 0 aliphatic rings. The van der Waals surface area contributed by atoms with Crippen molar-refractivity contribution in [3.05, 3.63) is 53.9 Å². The van der Waals surface area contributed by atoms with Crippen molar-refractivity contribution in [2.75, 3.05) is 25.6 Å². The van der Waals surface area contributed by atoms with Gasteiger partial charge in [-0.2, -0.15) is 0 Å². The number of carbonyl (C=O) groups excluding carboxylic acids is 1. The molecule has 0 saturated carbocycles. The Morgan fingerprint density at radius 1 is 1.17 bits per heavy atom. The average molecular weight is 313 g/mol. The Kier molecular flexibility index (Phi) is 6.56. The Morgan fingerprint density at radius 3 is 2.65 bits per heavy atom. The number of nitrogens with one attached hydrogen (secondary N) is 2. The molecule has 0 atom stereocenters. The van der Waals surface area contributed by atoms with Crippen molar-refractivity contribution in [2.24, 2.45) is 0 Å². The Bertz CT molecular complexity index is 626. The summed E-state index contributed by atoms with van der Waals surface area (Å²) in [4.78, 5) is 16.2. The second-order valence-corrected chi connectivity index (χ2v) is 5.21. The lowest BCUT2D eigenvalue weighted by atomic mass is 10.1. The summed E-state index contributed by atoms with van der Waals surface area (Å²) in [7, 11) is 1.64. The lowest BCUT2D eigenvalue weighted by molar-refractivity contribution is 0.0943. The van der Waals surface area contributed by atoms with Gasteiger partial charge in [-0.3, -0.25) is 9.78 Å². The van der Waals surface area contributed by atoms with E-state index in [0.717, 1.165) is 24.2 Å². The van der Waals surface area contributed by atoms with Crippen LogP contribution in [-0.2, 0) is 11.2 Å². The molecule has 1 aromatic heterocycles. The maximum atomic E-state index is 12.1. The quantitative estimate of drug-likeness (QED) is 0.735. The first-order valence-corrected chi connectivity index (χ1v) is 7.82. The van der Waals surface area contributed by atoms with Crippen LogP contribution in [-0.4, -0.2) is 31.2 Å². The van der Waals surface area contributed by atoms with Gasteiger partial charge in [0.15, 0.2) is 0 Å². The molecule has 0 aliphatic heterocycles.